The third kappa shape index (κ3) is 5.58. The van der Waals surface area contributed by atoms with Gasteiger partial charge in [0.1, 0.15) is 0 Å². The molecular formula is C17H24Cl2N2O3S. The molecule has 1 fully saturated rings. The molecule has 8 heteroatoms. The Labute approximate surface area is 159 Å². The summed E-state index contributed by atoms with van der Waals surface area (Å²) in [5.74, 6) is -0.405. The summed E-state index contributed by atoms with van der Waals surface area (Å²) in [4.78, 5) is 12.2. The molecule has 0 aliphatic carbocycles. The lowest BCUT2D eigenvalue weighted by Gasteiger charge is -2.32. The molecule has 2 rings (SSSR count). The lowest BCUT2D eigenvalue weighted by molar-refractivity contribution is -0.127. The van der Waals surface area contributed by atoms with Crippen LogP contribution in [0.1, 0.15) is 39.2 Å². The molecule has 0 spiro atoms. The number of nitrogens with one attached hydrogen (secondary N) is 1. The van der Waals surface area contributed by atoms with E-state index in [0.717, 1.165) is 0 Å². The molecular weight excluding hydrogens is 383 g/mol. The number of nitrogens with zero attached hydrogens (tertiary/aromatic N) is 1. The highest BCUT2D eigenvalue weighted by molar-refractivity contribution is 7.88. The molecule has 0 saturated carbocycles. The summed E-state index contributed by atoms with van der Waals surface area (Å²) in [6.45, 7) is 6.44. The third-order valence-corrected chi connectivity index (χ3v) is 6.62. The zero-order chi connectivity index (χ0) is 18.8. The van der Waals surface area contributed by atoms with E-state index in [-0.39, 0.29) is 23.1 Å². The molecule has 1 aromatic carbocycles. The van der Waals surface area contributed by atoms with Gasteiger partial charge in [-0.3, -0.25) is 4.79 Å². The highest BCUT2D eigenvalue weighted by Gasteiger charge is 2.32. The SMILES string of the molecule is CC(C)(C)NC(=O)C1CCN(S(=O)(=O)Cc2c(Cl)cccc2Cl)CC1. The number of carbonyl (C=O) groups excluding carboxylic acids is 1. The van der Waals surface area contributed by atoms with Gasteiger partial charge in [0, 0.05) is 40.2 Å². The Hall–Kier alpha value is -0.820. The molecule has 1 aliphatic heterocycles. The van der Waals surface area contributed by atoms with Crippen LogP contribution >= 0.6 is 23.2 Å². The van der Waals surface area contributed by atoms with E-state index in [2.05, 4.69) is 5.32 Å². The average Bonchev–Trinajstić information content (AvgIpc) is 2.49. The Morgan fingerprint density at radius 2 is 1.72 bits per heavy atom. The number of halogens is 2. The molecule has 1 aromatic rings. The van der Waals surface area contributed by atoms with E-state index in [0.29, 0.717) is 41.5 Å². The van der Waals surface area contributed by atoms with Gasteiger partial charge in [-0.05, 0) is 45.7 Å². The zero-order valence-electron chi connectivity index (χ0n) is 14.7. The van der Waals surface area contributed by atoms with Crippen LogP contribution in [0.25, 0.3) is 0 Å². The van der Waals surface area contributed by atoms with Crippen LogP contribution in [0.5, 0.6) is 0 Å². The Morgan fingerprint density at radius 3 is 2.20 bits per heavy atom. The second-order valence-electron chi connectivity index (χ2n) is 7.37. The first-order valence-corrected chi connectivity index (χ1v) is 10.6. The van der Waals surface area contributed by atoms with Gasteiger partial charge in [-0.2, -0.15) is 0 Å². The van der Waals surface area contributed by atoms with Crippen LogP contribution in [-0.2, 0) is 20.6 Å². The topological polar surface area (TPSA) is 66.5 Å². The van der Waals surface area contributed by atoms with Gasteiger partial charge in [0.25, 0.3) is 0 Å². The molecule has 0 atom stereocenters. The molecule has 25 heavy (non-hydrogen) atoms. The standard InChI is InChI=1S/C17H24Cl2N2O3S/c1-17(2,3)20-16(22)12-7-9-21(10-8-12)25(23,24)11-13-14(18)5-4-6-15(13)19/h4-6,12H,7-11H2,1-3H3,(H,20,22). The maximum atomic E-state index is 12.7. The number of hydrogen-bond donors (Lipinski definition) is 1. The second kappa shape index (κ2) is 7.82. The molecule has 0 radical (unpaired) electrons. The Bertz CT molecular complexity index is 717. The lowest BCUT2D eigenvalue weighted by atomic mass is 9.96. The van der Waals surface area contributed by atoms with Crippen LogP contribution < -0.4 is 5.32 Å². The van der Waals surface area contributed by atoms with Crippen LogP contribution in [0.15, 0.2) is 18.2 Å². The predicted octanol–water partition coefficient (Wildman–Crippen LogP) is 3.45. The number of sulfonamides is 1. The van der Waals surface area contributed by atoms with Crippen molar-refractivity contribution in [3.63, 3.8) is 0 Å². The number of benzene rings is 1. The van der Waals surface area contributed by atoms with Gasteiger partial charge in [-0.1, -0.05) is 29.3 Å². The molecule has 1 N–H and O–H groups in total. The van der Waals surface area contributed by atoms with Crippen molar-refractivity contribution in [1.29, 1.82) is 0 Å². The van der Waals surface area contributed by atoms with Gasteiger partial charge < -0.3 is 5.32 Å². The number of hydrogen-bond acceptors (Lipinski definition) is 3. The second-order valence-corrected chi connectivity index (χ2v) is 10.2. The summed E-state index contributed by atoms with van der Waals surface area (Å²) in [5.41, 5.74) is 0.125. The van der Waals surface area contributed by atoms with Crippen molar-refractivity contribution >= 4 is 39.1 Å². The van der Waals surface area contributed by atoms with E-state index in [4.69, 9.17) is 23.2 Å². The summed E-state index contributed by atoms with van der Waals surface area (Å²) >= 11 is 12.2. The summed E-state index contributed by atoms with van der Waals surface area (Å²) < 4.78 is 26.8. The third-order valence-electron chi connectivity index (χ3n) is 4.10. The molecule has 5 nitrogen and oxygen atoms in total. The average molecular weight is 407 g/mol. The predicted molar refractivity (Wildman–Crippen MR) is 101 cm³/mol. The summed E-state index contributed by atoms with van der Waals surface area (Å²) in [6.07, 6.45) is 1.02. The maximum Gasteiger partial charge on any atom is 0.223 e. The fourth-order valence-electron chi connectivity index (χ4n) is 2.81. The number of piperidine rings is 1. The van der Waals surface area contributed by atoms with Crippen molar-refractivity contribution in [3.8, 4) is 0 Å². The van der Waals surface area contributed by atoms with Crippen molar-refractivity contribution in [3.05, 3.63) is 33.8 Å². The molecule has 1 saturated heterocycles. The Morgan fingerprint density at radius 1 is 1.20 bits per heavy atom. The molecule has 1 amide bonds. The monoisotopic (exact) mass is 406 g/mol. The summed E-state index contributed by atoms with van der Waals surface area (Å²) in [7, 11) is -3.53. The Balaban J connectivity index is 2.01. The number of amides is 1. The normalized spacial score (nSPS) is 17.5. The Kier molecular flexibility index (Phi) is 6.41. The van der Waals surface area contributed by atoms with Crippen LogP contribution in [0.3, 0.4) is 0 Å². The van der Waals surface area contributed by atoms with E-state index in [9.17, 15) is 13.2 Å². The van der Waals surface area contributed by atoms with E-state index in [1.807, 2.05) is 20.8 Å². The van der Waals surface area contributed by atoms with Gasteiger partial charge in [0.2, 0.25) is 15.9 Å². The van der Waals surface area contributed by atoms with Gasteiger partial charge in [-0.25, -0.2) is 12.7 Å². The van der Waals surface area contributed by atoms with Gasteiger partial charge >= 0.3 is 0 Å². The smallest absolute Gasteiger partial charge is 0.223 e. The van der Waals surface area contributed by atoms with Crippen LogP contribution in [-0.4, -0.2) is 37.3 Å². The largest absolute Gasteiger partial charge is 0.351 e. The van der Waals surface area contributed by atoms with E-state index in [1.54, 1.807) is 18.2 Å². The highest BCUT2D eigenvalue weighted by atomic mass is 35.5. The molecule has 0 aromatic heterocycles. The molecule has 0 unspecified atom stereocenters. The van der Waals surface area contributed by atoms with Crippen molar-refractivity contribution < 1.29 is 13.2 Å². The lowest BCUT2D eigenvalue weighted by Crippen LogP contribution is -2.48. The fourth-order valence-corrected chi connectivity index (χ4v) is 5.13. The highest BCUT2D eigenvalue weighted by Crippen LogP contribution is 2.29. The van der Waals surface area contributed by atoms with Gasteiger partial charge in [-0.15, -0.1) is 0 Å². The molecule has 1 heterocycles. The molecule has 140 valence electrons. The minimum Gasteiger partial charge on any atom is -0.351 e. The first-order chi connectivity index (χ1) is 11.5. The van der Waals surface area contributed by atoms with Crippen LogP contribution in [0, 0.1) is 5.92 Å². The van der Waals surface area contributed by atoms with E-state index < -0.39 is 10.0 Å². The summed E-state index contributed by atoms with van der Waals surface area (Å²) in [6, 6.07) is 4.93. The molecule has 1 aliphatic rings. The maximum absolute atomic E-state index is 12.7. The molecule has 0 bridgehead atoms. The quantitative estimate of drug-likeness (QED) is 0.832. The first-order valence-electron chi connectivity index (χ1n) is 8.22. The summed E-state index contributed by atoms with van der Waals surface area (Å²) in [5, 5.41) is 3.64. The van der Waals surface area contributed by atoms with Crippen LogP contribution in [0.2, 0.25) is 10.0 Å². The zero-order valence-corrected chi connectivity index (χ0v) is 17.0. The van der Waals surface area contributed by atoms with E-state index in [1.165, 1.54) is 4.31 Å². The van der Waals surface area contributed by atoms with Gasteiger partial charge in [0.05, 0.1) is 5.75 Å². The van der Waals surface area contributed by atoms with E-state index >= 15 is 0 Å². The van der Waals surface area contributed by atoms with Crippen LogP contribution in [0.4, 0.5) is 0 Å². The van der Waals surface area contributed by atoms with Crippen molar-refractivity contribution in [2.24, 2.45) is 5.92 Å². The number of carbonyl (C=O) groups is 1. The van der Waals surface area contributed by atoms with Crippen molar-refractivity contribution in [2.75, 3.05) is 13.1 Å². The van der Waals surface area contributed by atoms with Crippen molar-refractivity contribution in [2.45, 2.75) is 44.9 Å². The van der Waals surface area contributed by atoms with Crippen molar-refractivity contribution in [1.82, 2.24) is 9.62 Å². The number of rotatable bonds is 4. The van der Waals surface area contributed by atoms with Gasteiger partial charge in [0.15, 0.2) is 0 Å². The minimum atomic E-state index is -3.53. The fraction of sp³-hybridized carbons (Fsp3) is 0.588. The first kappa shape index (κ1) is 20.5. The minimum absolute atomic E-state index is 0.0151.